The van der Waals surface area contributed by atoms with E-state index in [2.05, 4.69) is 17.0 Å². The predicted octanol–water partition coefficient (Wildman–Crippen LogP) is 1.15. The summed E-state index contributed by atoms with van der Waals surface area (Å²) in [6, 6.07) is 7.17. The Balaban J connectivity index is 2.95. The zero-order chi connectivity index (χ0) is 15.0. The molecule has 20 heavy (non-hydrogen) atoms. The predicted molar refractivity (Wildman–Crippen MR) is 80.3 cm³/mol. The molecule has 1 aromatic rings. The van der Waals surface area contributed by atoms with Gasteiger partial charge in [-0.1, -0.05) is 25.1 Å². The summed E-state index contributed by atoms with van der Waals surface area (Å²) in [6.45, 7) is 3.53. The van der Waals surface area contributed by atoms with E-state index in [0.717, 1.165) is 18.5 Å². The maximum Gasteiger partial charge on any atom is 0.240 e. The number of sulfonamides is 1. The summed E-state index contributed by atoms with van der Waals surface area (Å²) in [7, 11) is -0.354. The van der Waals surface area contributed by atoms with E-state index in [0.29, 0.717) is 17.9 Å². The summed E-state index contributed by atoms with van der Waals surface area (Å²) in [5.74, 6) is 0. The fraction of sp³-hybridized carbons (Fsp3) is 0.571. The van der Waals surface area contributed by atoms with Crippen LogP contribution >= 0.6 is 0 Å². The van der Waals surface area contributed by atoms with Crippen molar-refractivity contribution in [3.05, 3.63) is 29.8 Å². The maximum absolute atomic E-state index is 12.0. The van der Waals surface area contributed by atoms with Crippen LogP contribution in [0.5, 0.6) is 0 Å². The molecule has 0 saturated heterocycles. The summed E-state index contributed by atoms with van der Waals surface area (Å²) in [4.78, 5) is 0.335. The van der Waals surface area contributed by atoms with Crippen molar-refractivity contribution in [3.8, 4) is 0 Å². The van der Waals surface area contributed by atoms with Gasteiger partial charge in [-0.05, 0) is 38.1 Å². The van der Waals surface area contributed by atoms with E-state index >= 15 is 0 Å². The molecule has 1 atom stereocenters. The zero-order valence-electron chi connectivity index (χ0n) is 12.3. The fourth-order valence-corrected chi connectivity index (χ4v) is 3.02. The molecule has 2 N–H and O–H groups in total. The number of hydrogen-bond donors (Lipinski definition) is 2. The van der Waals surface area contributed by atoms with Gasteiger partial charge in [-0.3, -0.25) is 0 Å². The van der Waals surface area contributed by atoms with Gasteiger partial charge in [0.05, 0.1) is 11.5 Å². The summed E-state index contributed by atoms with van der Waals surface area (Å²) in [6.07, 6.45) is 1.64. The number of methoxy groups -OCH3 is 1. The highest BCUT2D eigenvalue weighted by atomic mass is 32.2. The van der Waals surface area contributed by atoms with Crippen LogP contribution in [-0.4, -0.2) is 41.8 Å². The van der Waals surface area contributed by atoms with Crippen LogP contribution in [0.1, 0.15) is 18.9 Å². The summed E-state index contributed by atoms with van der Waals surface area (Å²) >= 11 is 0. The van der Waals surface area contributed by atoms with Crippen molar-refractivity contribution >= 4 is 10.0 Å². The Hall–Kier alpha value is -0.950. The fourth-order valence-electron chi connectivity index (χ4n) is 2.05. The molecule has 114 valence electrons. The number of rotatable bonds is 9. The Morgan fingerprint density at radius 1 is 1.30 bits per heavy atom. The molecule has 6 heteroatoms. The Bertz CT molecular complexity index is 503. The van der Waals surface area contributed by atoms with Gasteiger partial charge in [0.2, 0.25) is 10.0 Å². The third kappa shape index (κ3) is 4.86. The SMILES string of the molecule is CCCNC(COC)Cc1ccccc1S(=O)(=O)NC. The average Bonchev–Trinajstić information content (AvgIpc) is 2.45. The van der Waals surface area contributed by atoms with Gasteiger partial charge in [-0.2, -0.15) is 0 Å². The van der Waals surface area contributed by atoms with E-state index in [1.54, 1.807) is 19.2 Å². The van der Waals surface area contributed by atoms with Gasteiger partial charge in [-0.25, -0.2) is 13.1 Å². The molecule has 5 nitrogen and oxygen atoms in total. The minimum Gasteiger partial charge on any atom is -0.383 e. The summed E-state index contributed by atoms with van der Waals surface area (Å²) < 4.78 is 31.6. The van der Waals surface area contributed by atoms with Crippen molar-refractivity contribution in [3.63, 3.8) is 0 Å². The zero-order valence-corrected chi connectivity index (χ0v) is 13.2. The molecule has 1 aromatic carbocycles. The summed E-state index contributed by atoms with van der Waals surface area (Å²) in [5, 5.41) is 3.38. The van der Waals surface area contributed by atoms with Crippen LogP contribution in [0.3, 0.4) is 0 Å². The molecule has 0 heterocycles. The monoisotopic (exact) mass is 300 g/mol. The topological polar surface area (TPSA) is 67.4 Å². The highest BCUT2D eigenvalue weighted by Gasteiger charge is 2.18. The second kappa shape index (κ2) is 8.36. The van der Waals surface area contributed by atoms with Crippen molar-refractivity contribution in [2.24, 2.45) is 0 Å². The maximum atomic E-state index is 12.0. The smallest absolute Gasteiger partial charge is 0.240 e. The van der Waals surface area contributed by atoms with Crippen LogP contribution in [0.2, 0.25) is 0 Å². The largest absolute Gasteiger partial charge is 0.383 e. The molecule has 0 aliphatic heterocycles. The quantitative estimate of drug-likeness (QED) is 0.718. The second-order valence-electron chi connectivity index (χ2n) is 4.63. The van der Waals surface area contributed by atoms with E-state index in [1.807, 2.05) is 12.1 Å². The standard InChI is InChI=1S/C14H24N2O3S/c1-4-9-16-13(11-19-3)10-12-7-5-6-8-14(12)20(17,18)15-2/h5-8,13,15-16H,4,9-11H2,1-3H3. The van der Waals surface area contributed by atoms with Crippen LogP contribution in [0.15, 0.2) is 29.2 Å². The number of benzene rings is 1. The van der Waals surface area contributed by atoms with Gasteiger partial charge in [0.15, 0.2) is 0 Å². The van der Waals surface area contributed by atoms with Crippen molar-refractivity contribution in [2.45, 2.75) is 30.7 Å². The van der Waals surface area contributed by atoms with E-state index in [-0.39, 0.29) is 6.04 Å². The molecular weight excluding hydrogens is 276 g/mol. The highest BCUT2D eigenvalue weighted by Crippen LogP contribution is 2.17. The minimum atomic E-state index is -3.43. The molecular formula is C14H24N2O3S. The number of hydrogen-bond acceptors (Lipinski definition) is 4. The average molecular weight is 300 g/mol. The normalized spacial score (nSPS) is 13.3. The Morgan fingerprint density at radius 3 is 2.60 bits per heavy atom. The number of nitrogens with one attached hydrogen (secondary N) is 2. The Kier molecular flexibility index (Phi) is 7.15. The van der Waals surface area contributed by atoms with E-state index in [4.69, 9.17) is 4.74 Å². The molecule has 0 aromatic heterocycles. The molecule has 0 bridgehead atoms. The molecule has 1 unspecified atom stereocenters. The van der Waals surface area contributed by atoms with E-state index < -0.39 is 10.0 Å². The molecule has 1 rings (SSSR count). The molecule has 0 spiro atoms. The van der Waals surface area contributed by atoms with Crippen molar-refractivity contribution in [2.75, 3.05) is 27.3 Å². The van der Waals surface area contributed by atoms with Crippen LogP contribution in [0, 0.1) is 0 Å². The van der Waals surface area contributed by atoms with Gasteiger partial charge < -0.3 is 10.1 Å². The summed E-state index contributed by atoms with van der Waals surface area (Å²) in [5.41, 5.74) is 0.799. The molecule has 0 aliphatic carbocycles. The molecule has 0 radical (unpaired) electrons. The van der Waals surface area contributed by atoms with E-state index in [9.17, 15) is 8.42 Å². The van der Waals surface area contributed by atoms with Gasteiger partial charge in [-0.15, -0.1) is 0 Å². The Morgan fingerprint density at radius 2 is 2.00 bits per heavy atom. The lowest BCUT2D eigenvalue weighted by Crippen LogP contribution is -2.36. The second-order valence-corrected chi connectivity index (χ2v) is 6.48. The first-order chi connectivity index (χ1) is 9.55. The van der Waals surface area contributed by atoms with Gasteiger partial charge >= 0.3 is 0 Å². The lowest BCUT2D eigenvalue weighted by Gasteiger charge is -2.19. The van der Waals surface area contributed by atoms with Crippen molar-refractivity contribution in [1.29, 1.82) is 0 Å². The van der Waals surface area contributed by atoms with Crippen LogP contribution in [0.4, 0.5) is 0 Å². The van der Waals surface area contributed by atoms with Crippen molar-refractivity contribution < 1.29 is 13.2 Å². The first-order valence-electron chi connectivity index (χ1n) is 6.79. The van der Waals surface area contributed by atoms with Gasteiger partial charge in [0.25, 0.3) is 0 Å². The van der Waals surface area contributed by atoms with Gasteiger partial charge in [0.1, 0.15) is 0 Å². The third-order valence-electron chi connectivity index (χ3n) is 3.05. The van der Waals surface area contributed by atoms with Crippen LogP contribution in [0.25, 0.3) is 0 Å². The first kappa shape index (κ1) is 17.1. The number of ether oxygens (including phenoxy) is 1. The highest BCUT2D eigenvalue weighted by molar-refractivity contribution is 7.89. The lowest BCUT2D eigenvalue weighted by atomic mass is 10.1. The van der Waals surface area contributed by atoms with Crippen molar-refractivity contribution in [1.82, 2.24) is 10.0 Å². The van der Waals surface area contributed by atoms with Crippen LogP contribution in [-0.2, 0) is 21.2 Å². The van der Waals surface area contributed by atoms with Crippen LogP contribution < -0.4 is 10.0 Å². The third-order valence-corrected chi connectivity index (χ3v) is 4.56. The first-order valence-corrected chi connectivity index (χ1v) is 8.27. The molecule has 0 amide bonds. The molecule has 0 aliphatic rings. The van der Waals surface area contributed by atoms with E-state index in [1.165, 1.54) is 7.05 Å². The lowest BCUT2D eigenvalue weighted by molar-refractivity contribution is 0.166. The molecule has 0 saturated carbocycles. The molecule has 0 fully saturated rings. The minimum absolute atomic E-state index is 0.105. The van der Waals surface area contributed by atoms with Gasteiger partial charge in [0, 0.05) is 13.2 Å². The Labute approximate surface area is 121 Å².